The van der Waals surface area contributed by atoms with Gasteiger partial charge in [0.05, 0.1) is 22.8 Å². The molecule has 0 unspecified atom stereocenters. The number of pyridine rings is 1. The van der Waals surface area contributed by atoms with Gasteiger partial charge in [-0.2, -0.15) is 13.2 Å². The number of sulfonamides is 1. The molecule has 5 aromatic rings. The Labute approximate surface area is 287 Å². The van der Waals surface area contributed by atoms with Crippen molar-refractivity contribution in [2.24, 2.45) is 7.05 Å². The van der Waals surface area contributed by atoms with E-state index in [0.717, 1.165) is 27.4 Å². The van der Waals surface area contributed by atoms with Crippen LogP contribution in [0.4, 0.5) is 18.9 Å². The molecular weight excluding hydrogens is 671 g/mol. The lowest BCUT2D eigenvalue weighted by molar-refractivity contribution is -0.153. The average Bonchev–Trinajstić information content (AvgIpc) is 3.38. The molecule has 14 heteroatoms. The molecule has 0 saturated carbocycles. The number of alkyl halides is 3. The van der Waals surface area contributed by atoms with E-state index in [1.165, 1.54) is 36.5 Å². The number of carbonyl (C=O) groups excluding carboxylic acids is 1. The second-order valence-electron chi connectivity index (χ2n) is 11.7. The van der Waals surface area contributed by atoms with Crippen molar-refractivity contribution in [2.45, 2.75) is 12.7 Å². The van der Waals surface area contributed by atoms with Gasteiger partial charge in [-0.3, -0.25) is 14.4 Å². The molecule has 3 heterocycles. The summed E-state index contributed by atoms with van der Waals surface area (Å²) < 4.78 is 77.9. The van der Waals surface area contributed by atoms with Crippen molar-refractivity contribution in [3.63, 3.8) is 0 Å². The van der Waals surface area contributed by atoms with Gasteiger partial charge in [0.1, 0.15) is 5.75 Å². The quantitative estimate of drug-likeness (QED) is 0.164. The molecule has 1 N–H and O–H groups in total. The number of amides is 1. The highest BCUT2D eigenvalue weighted by Crippen LogP contribution is 2.36. The summed E-state index contributed by atoms with van der Waals surface area (Å²) in [4.78, 5) is 22.3. The summed E-state index contributed by atoms with van der Waals surface area (Å²) >= 11 is 0. The molecule has 1 amide bonds. The van der Waals surface area contributed by atoms with Crippen molar-refractivity contribution in [1.29, 1.82) is 0 Å². The van der Waals surface area contributed by atoms with E-state index in [1.807, 2.05) is 42.5 Å². The number of halogens is 3. The standard InChI is InChI=1S/C36H34F3N5O5S/c1-42-31-10-6-5-9-30(31)34(49-32-16-13-28(23-40-32)41-50(46,47)22-17-26-7-3-2-4-8-26)33(42)35(45)44-20-18-43(19-21-44)24-27-11-14-29(15-12-27)48-25-36(37,38)39/h2-17,22-23,41H,18-21,24-25H2,1H3. The van der Waals surface area contributed by atoms with E-state index in [1.54, 1.807) is 40.8 Å². The predicted octanol–water partition coefficient (Wildman–Crippen LogP) is 6.68. The van der Waals surface area contributed by atoms with Crippen molar-refractivity contribution >= 4 is 38.6 Å². The molecule has 1 fully saturated rings. The first-order chi connectivity index (χ1) is 23.9. The van der Waals surface area contributed by atoms with Crippen LogP contribution in [0.5, 0.6) is 17.4 Å². The van der Waals surface area contributed by atoms with Crippen molar-refractivity contribution in [2.75, 3.05) is 37.5 Å². The number of carbonyl (C=O) groups is 1. The van der Waals surface area contributed by atoms with Gasteiger partial charge < -0.3 is 18.9 Å². The zero-order valence-corrected chi connectivity index (χ0v) is 27.8. The molecule has 50 heavy (non-hydrogen) atoms. The number of aromatic nitrogens is 2. The summed E-state index contributed by atoms with van der Waals surface area (Å²) in [5.74, 6) is 0.462. The van der Waals surface area contributed by atoms with Crippen molar-refractivity contribution < 1.29 is 35.9 Å². The summed E-state index contributed by atoms with van der Waals surface area (Å²) in [5, 5.41) is 1.80. The molecule has 6 rings (SSSR count). The Kier molecular flexibility index (Phi) is 10.1. The second-order valence-corrected chi connectivity index (χ2v) is 13.3. The number of hydrogen-bond acceptors (Lipinski definition) is 7. The average molecular weight is 706 g/mol. The third-order valence-electron chi connectivity index (χ3n) is 8.10. The monoisotopic (exact) mass is 705 g/mol. The van der Waals surface area contributed by atoms with Crippen LogP contribution < -0.4 is 14.2 Å². The third kappa shape index (κ3) is 8.62. The number of aryl methyl sites for hydroxylation is 1. The molecule has 1 aliphatic rings. The van der Waals surface area contributed by atoms with Gasteiger partial charge in [-0.1, -0.05) is 54.6 Å². The number of para-hydroxylation sites is 1. The molecule has 0 bridgehead atoms. The zero-order chi connectivity index (χ0) is 35.3. The molecule has 1 saturated heterocycles. The highest BCUT2D eigenvalue weighted by Gasteiger charge is 2.30. The van der Waals surface area contributed by atoms with Gasteiger partial charge in [-0.05, 0) is 47.5 Å². The normalized spacial score (nSPS) is 14.3. The lowest BCUT2D eigenvalue weighted by Crippen LogP contribution is -2.48. The van der Waals surface area contributed by atoms with E-state index >= 15 is 0 Å². The topological polar surface area (TPSA) is 106 Å². The minimum absolute atomic E-state index is 0.150. The smallest absolute Gasteiger partial charge is 0.422 e. The molecule has 10 nitrogen and oxygen atoms in total. The number of anilines is 1. The Morgan fingerprint density at radius 3 is 2.30 bits per heavy atom. The minimum Gasteiger partial charge on any atom is -0.484 e. The van der Waals surface area contributed by atoms with Crippen LogP contribution in [0.1, 0.15) is 21.6 Å². The number of nitrogens with zero attached hydrogens (tertiary/aromatic N) is 4. The van der Waals surface area contributed by atoms with Gasteiger partial charge in [0.15, 0.2) is 18.1 Å². The molecule has 0 spiro atoms. The Balaban J connectivity index is 1.11. The van der Waals surface area contributed by atoms with Gasteiger partial charge >= 0.3 is 6.18 Å². The summed E-state index contributed by atoms with van der Waals surface area (Å²) in [6.07, 6.45) is -1.56. The van der Waals surface area contributed by atoms with Gasteiger partial charge in [-0.25, -0.2) is 13.4 Å². The van der Waals surface area contributed by atoms with E-state index in [0.29, 0.717) is 44.2 Å². The fraction of sp³-hybridized carbons (Fsp3) is 0.222. The number of ether oxygens (including phenoxy) is 2. The summed E-state index contributed by atoms with van der Waals surface area (Å²) in [6.45, 7) is 1.34. The number of fused-ring (bicyclic) bond motifs is 1. The van der Waals surface area contributed by atoms with E-state index in [-0.39, 0.29) is 23.2 Å². The molecule has 3 aromatic carbocycles. The van der Waals surface area contributed by atoms with Gasteiger partial charge in [0.2, 0.25) is 5.88 Å². The maximum Gasteiger partial charge on any atom is 0.422 e. The summed E-state index contributed by atoms with van der Waals surface area (Å²) in [6, 6.07) is 26.1. The van der Waals surface area contributed by atoms with Crippen LogP contribution in [-0.4, -0.2) is 72.6 Å². The first kappa shape index (κ1) is 34.5. The summed E-state index contributed by atoms with van der Waals surface area (Å²) in [7, 11) is -2.00. The van der Waals surface area contributed by atoms with Crippen molar-refractivity contribution in [3.8, 4) is 17.4 Å². The minimum atomic E-state index is -4.40. The molecule has 260 valence electrons. The zero-order valence-electron chi connectivity index (χ0n) is 27.0. The lowest BCUT2D eigenvalue weighted by Gasteiger charge is -2.35. The number of hydrogen-bond donors (Lipinski definition) is 1. The van der Waals surface area contributed by atoms with Gasteiger partial charge in [-0.15, -0.1) is 0 Å². The number of benzene rings is 3. The largest absolute Gasteiger partial charge is 0.484 e. The predicted molar refractivity (Wildman–Crippen MR) is 184 cm³/mol. The van der Waals surface area contributed by atoms with Crippen LogP contribution in [0.2, 0.25) is 0 Å². The van der Waals surface area contributed by atoms with Crippen LogP contribution in [-0.2, 0) is 23.6 Å². The number of nitrogens with one attached hydrogen (secondary N) is 1. The highest BCUT2D eigenvalue weighted by molar-refractivity contribution is 7.95. The Hall–Kier alpha value is -5.34. The van der Waals surface area contributed by atoms with Crippen LogP contribution in [0.25, 0.3) is 17.0 Å². The molecular formula is C36H34F3N5O5S. The molecule has 0 aliphatic carbocycles. The van der Waals surface area contributed by atoms with Crippen molar-refractivity contribution in [1.82, 2.24) is 19.4 Å². The molecule has 2 aromatic heterocycles. The number of rotatable bonds is 11. The first-order valence-electron chi connectivity index (χ1n) is 15.7. The van der Waals surface area contributed by atoms with Crippen molar-refractivity contribution in [3.05, 3.63) is 119 Å². The third-order valence-corrected chi connectivity index (χ3v) is 9.11. The SMILES string of the molecule is Cn1c(C(=O)N2CCN(Cc3ccc(OCC(F)(F)F)cc3)CC2)c(Oc2ccc(NS(=O)(=O)C=Cc3ccccc3)cn2)c2ccccc21. The van der Waals surface area contributed by atoms with Crippen LogP contribution in [0, 0.1) is 0 Å². The number of piperazine rings is 1. The van der Waals surface area contributed by atoms with Crippen LogP contribution in [0.3, 0.4) is 0 Å². The molecule has 0 atom stereocenters. The van der Waals surface area contributed by atoms with E-state index < -0.39 is 22.8 Å². The van der Waals surface area contributed by atoms with Gasteiger partial charge in [0, 0.05) is 51.2 Å². The second kappa shape index (κ2) is 14.6. The Bertz CT molecular complexity index is 2080. The van der Waals surface area contributed by atoms with E-state index in [9.17, 15) is 26.4 Å². The lowest BCUT2D eigenvalue weighted by atomic mass is 10.2. The highest BCUT2D eigenvalue weighted by atomic mass is 32.2. The fourth-order valence-electron chi connectivity index (χ4n) is 5.61. The molecule has 1 aliphatic heterocycles. The van der Waals surface area contributed by atoms with E-state index in [4.69, 9.17) is 9.47 Å². The molecule has 0 radical (unpaired) electrons. The fourth-order valence-corrected chi connectivity index (χ4v) is 6.47. The van der Waals surface area contributed by atoms with Crippen LogP contribution >= 0.6 is 0 Å². The van der Waals surface area contributed by atoms with Gasteiger partial charge in [0.25, 0.3) is 15.9 Å². The summed E-state index contributed by atoms with van der Waals surface area (Å²) in [5.41, 5.74) is 3.05. The maximum absolute atomic E-state index is 14.0. The maximum atomic E-state index is 14.0. The Morgan fingerprint density at radius 1 is 0.920 bits per heavy atom. The Morgan fingerprint density at radius 2 is 1.62 bits per heavy atom. The first-order valence-corrected chi connectivity index (χ1v) is 17.3. The van der Waals surface area contributed by atoms with E-state index in [2.05, 4.69) is 14.6 Å². The van der Waals surface area contributed by atoms with Crippen LogP contribution in [0.15, 0.2) is 103 Å².